The van der Waals surface area contributed by atoms with Crippen molar-refractivity contribution in [1.29, 1.82) is 5.41 Å². The summed E-state index contributed by atoms with van der Waals surface area (Å²) in [5, 5.41) is 16.1. The van der Waals surface area contributed by atoms with Crippen LogP contribution in [0.25, 0.3) is 0 Å². The highest BCUT2D eigenvalue weighted by atomic mass is 35.5. The van der Waals surface area contributed by atoms with Gasteiger partial charge >= 0.3 is 0 Å². The summed E-state index contributed by atoms with van der Waals surface area (Å²) in [7, 11) is 1.40. The van der Waals surface area contributed by atoms with Crippen molar-refractivity contribution in [3.63, 3.8) is 0 Å². The number of pyridine rings is 2. The minimum Gasteiger partial charge on any atom is -0.494 e. The molecule has 0 aliphatic rings. The zero-order chi connectivity index (χ0) is 25.8. The maximum absolute atomic E-state index is 13.2. The fourth-order valence-corrected chi connectivity index (χ4v) is 4.82. The van der Waals surface area contributed by atoms with Crippen LogP contribution in [-0.4, -0.2) is 28.5 Å². The van der Waals surface area contributed by atoms with Crippen molar-refractivity contribution in [3.05, 3.63) is 96.8 Å². The van der Waals surface area contributed by atoms with Gasteiger partial charge in [0.05, 0.1) is 33.8 Å². The molecule has 8 nitrogen and oxygen atoms in total. The van der Waals surface area contributed by atoms with Crippen molar-refractivity contribution in [3.8, 4) is 5.75 Å². The third-order valence-electron chi connectivity index (χ3n) is 4.99. The van der Waals surface area contributed by atoms with Crippen LogP contribution >= 0.6 is 46.1 Å². The summed E-state index contributed by atoms with van der Waals surface area (Å²) in [6.45, 7) is 0.426. The Morgan fingerprint density at radius 2 is 1.81 bits per heavy atom. The molecule has 4 aromatic rings. The molecule has 0 aliphatic heterocycles. The Hall–Kier alpha value is -3.37. The van der Waals surface area contributed by atoms with Crippen LogP contribution in [0.1, 0.15) is 25.6 Å². The lowest BCUT2D eigenvalue weighted by Crippen LogP contribution is -2.19. The number of halogens is 3. The molecule has 0 bridgehead atoms. The second kappa shape index (κ2) is 11.1. The van der Waals surface area contributed by atoms with Crippen LogP contribution < -0.4 is 20.7 Å². The largest absolute Gasteiger partial charge is 0.494 e. The van der Waals surface area contributed by atoms with Crippen LogP contribution in [0.3, 0.4) is 0 Å². The molecule has 12 heteroatoms. The Morgan fingerprint density at radius 1 is 1.06 bits per heavy atom. The van der Waals surface area contributed by atoms with Crippen molar-refractivity contribution >= 4 is 69.5 Å². The van der Waals surface area contributed by atoms with Crippen molar-refractivity contribution in [2.24, 2.45) is 0 Å². The first-order chi connectivity index (χ1) is 17.2. The molecular formula is C24H18Cl3N5O3S. The second-order valence-electron chi connectivity index (χ2n) is 7.46. The number of hydrogen-bond donors (Lipinski definition) is 3. The molecule has 3 aromatic heterocycles. The van der Waals surface area contributed by atoms with Crippen LogP contribution in [0.15, 0.2) is 60.4 Å². The minimum absolute atomic E-state index is 0.0726. The van der Waals surface area contributed by atoms with Gasteiger partial charge < -0.3 is 25.3 Å². The van der Waals surface area contributed by atoms with Gasteiger partial charge in [-0.15, -0.1) is 11.3 Å². The zero-order valence-corrected chi connectivity index (χ0v) is 21.7. The maximum Gasteiger partial charge on any atom is 0.267 e. The Morgan fingerprint density at radius 3 is 2.47 bits per heavy atom. The molecule has 2 amide bonds. The van der Waals surface area contributed by atoms with Crippen molar-refractivity contribution in [1.82, 2.24) is 9.55 Å². The first-order valence-electron chi connectivity index (χ1n) is 10.3. The Bertz CT molecular complexity index is 1480. The maximum atomic E-state index is 13.2. The number of methoxy groups -OCH3 is 1. The number of carbonyl (C=O) groups is 2. The molecule has 0 unspecified atom stereocenters. The quantitative estimate of drug-likeness (QED) is 0.259. The number of hydrogen-bond acceptors (Lipinski definition) is 6. The van der Waals surface area contributed by atoms with E-state index in [1.54, 1.807) is 42.0 Å². The summed E-state index contributed by atoms with van der Waals surface area (Å²) in [4.78, 5) is 30.6. The number of benzene rings is 1. The van der Waals surface area contributed by atoms with Crippen LogP contribution in [0.5, 0.6) is 5.75 Å². The summed E-state index contributed by atoms with van der Waals surface area (Å²) in [6, 6.07) is 9.35. The van der Waals surface area contributed by atoms with Gasteiger partial charge in [0, 0.05) is 41.8 Å². The van der Waals surface area contributed by atoms with Gasteiger partial charge in [0.2, 0.25) is 0 Å². The number of anilines is 2. The molecule has 1 aromatic carbocycles. The summed E-state index contributed by atoms with van der Waals surface area (Å²) in [5.41, 5.74) is 0.942. The highest BCUT2D eigenvalue weighted by Crippen LogP contribution is 2.35. The van der Waals surface area contributed by atoms with Crippen molar-refractivity contribution in [2.75, 3.05) is 17.7 Å². The smallest absolute Gasteiger partial charge is 0.267 e. The number of thiophene rings is 1. The van der Waals surface area contributed by atoms with Gasteiger partial charge in [-0.1, -0.05) is 34.8 Å². The molecule has 0 aliphatic carbocycles. The number of ether oxygens (including phenoxy) is 1. The Kier molecular flexibility index (Phi) is 7.95. The summed E-state index contributed by atoms with van der Waals surface area (Å²) in [5.74, 6) is -0.610. The lowest BCUT2D eigenvalue weighted by atomic mass is 10.1. The van der Waals surface area contributed by atoms with Crippen LogP contribution in [0, 0.1) is 5.41 Å². The average molecular weight is 563 g/mol. The number of nitrogens with one attached hydrogen (secondary N) is 3. The van der Waals surface area contributed by atoms with E-state index in [4.69, 9.17) is 44.9 Å². The molecule has 184 valence electrons. The predicted molar refractivity (Wildman–Crippen MR) is 142 cm³/mol. The first kappa shape index (κ1) is 25.7. The van der Waals surface area contributed by atoms with Crippen molar-refractivity contribution < 1.29 is 14.3 Å². The van der Waals surface area contributed by atoms with E-state index in [2.05, 4.69) is 15.6 Å². The molecule has 3 N–H and O–H groups in total. The van der Waals surface area contributed by atoms with E-state index in [9.17, 15) is 9.59 Å². The van der Waals surface area contributed by atoms with E-state index in [1.807, 2.05) is 4.57 Å². The van der Waals surface area contributed by atoms with Crippen LogP contribution in [0.2, 0.25) is 15.1 Å². The third kappa shape index (κ3) is 5.88. The molecule has 36 heavy (non-hydrogen) atoms. The lowest BCUT2D eigenvalue weighted by molar-refractivity contribution is 0.102. The fourth-order valence-electron chi connectivity index (χ4n) is 3.25. The van der Waals surface area contributed by atoms with Gasteiger partial charge in [-0.3, -0.25) is 9.59 Å². The second-order valence-corrected chi connectivity index (χ2v) is 9.59. The molecule has 0 radical (unpaired) electrons. The molecule has 0 saturated carbocycles. The van der Waals surface area contributed by atoms with E-state index in [0.29, 0.717) is 21.9 Å². The monoisotopic (exact) mass is 561 g/mol. The zero-order valence-electron chi connectivity index (χ0n) is 18.6. The van der Waals surface area contributed by atoms with Crippen LogP contribution in [0.4, 0.5) is 11.5 Å². The molecule has 0 atom stereocenters. The van der Waals surface area contributed by atoms with E-state index >= 15 is 0 Å². The third-order valence-corrected chi connectivity index (χ3v) is 7.00. The Balaban J connectivity index is 1.61. The summed E-state index contributed by atoms with van der Waals surface area (Å²) >= 11 is 19.8. The highest BCUT2D eigenvalue weighted by molar-refractivity contribution is 7.13. The van der Waals surface area contributed by atoms with E-state index in [1.165, 1.54) is 36.8 Å². The Labute approximate surface area is 224 Å². The standard InChI is InChI=1S/C24H18Cl3N5O3S/c1-35-18-9-15(26)8-17(23(33)30-19-3-2-14(25)10-29-19)21(18)31-24(34)22-20(27)13(12-36-22)11-32-6-4-16(28)5-7-32/h2-10,12,28H,11H2,1H3,(H,31,34)(H,29,30,33). The SMILES string of the molecule is COc1cc(Cl)cc(C(=O)Nc2ccc(Cl)cn2)c1NC(=O)c1scc(Cn2ccc(=N)cc2)c1Cl. The molecule has 4 rings (SSSR count). The lowest BCUT2D eigenvalue weighted by Gasteiger charge is -2.15. The van der Waals surface area contributed by atoms with E-state index in [0.717, 1.165) is 5.56 Å². The fraction of sp³-hybridized carbons (Fsp3) is 0.0833. The van der Waals surface area contributed by atoms with Gasteiger partial charge in [0.25, 0.3) is 11.8 Å². The molecule has 0 saturated heterocycles. The number of rotatable bonds is 7. The van der Waals surface area contributed by atoms with E-state index < -0.39 is 11.8 Å². The predicted octanol–water partition coefficient (Wildman–Crippen LogP) is 5.95. The van der Waals surface area contributed by atoms with Gasteiger partial charge in [0.15, 0.2) is 0 Å². The molecular weight excluding hydrogens is 545 g/mol. The average Bonchev–Trinajstić information content (AvgIpc) is 3.22. The number of amides is 2. The number of nitrogens with zero attached hydrogens (tertiary/aromatic N) is 2. The van der Waals surface area contributed by atoms with Crippen LogP contribution in [-0.2, 0) is 6.54 Å². The molecule has 0 fully saturated rings. The van der Waals surface area contributed by atoms with Crippen molar-refractivity contribution in [2.45, 2.75) is 6.54 Å². The van der Waals surface area contributed by atoms with Gasteiger partial charge in [-0.2, -0.15) is 0 Å². The normalized spacial score (nSPS) is 10.7. The molecule has 3 heterocycles. The molecule has 0 spiro atoms. The minimum atomic E-state index is -0.562. The topological polar surface area (TPSA) is 109 Å². The highest BCUT2D eigenvalue weighted by Gasteiger charge is 2.23. The van der Waals surface area contributed by atoms with Gasteiger partial charge in [-0.05, 0) is 35.7 Å². The first-order valence-corrected chi connectivity index (χ1v) is 12.3. The van der Waals surface area contributed by atoms with E-state index in [-0.39, 0.29) is 32.7 Å². The number of aromatic nitrogens is 2. The summed E-state index contributed by atoms with van der Waals surface area (Å²) in [6.07, 6.45) is 4.92. The van der Waals surface area contributed by atoms with Gasteiger partial charge in [0.1, 0.15) is 16.4 Å². The summed E-state index contributed by atoms with van der Waals surface area (Å²) < 4.78 is 7.23. The number of carbonyl (C=O) groups excluding carboxylic acids is 2. The van der Waals surface area contributed by atoms with Gasteiger partial charge in [-0.25, -0.2) is 4.98 Å².